The van der Waals surface area contributed by atoms with Crippen molar-refractivity contribution in [3.8, 4) is 0 Å². The number of rotatable bonds is 5. The first-order valence-electron chi connectivity index (χ1n) is 8.52. The second-order valence-corrected chi connectivity index (χ2v) is 6.53. The van der Waals surface area contributed by atoms with E-state index in [1.54, 1.807) is 4.98 Å². The summed E-state index contributed by atoms with van der Waals surface area (Å²) in [5.41, 5.74) is -2.63. The first-order chi connectivity index (χ1) is 13.2. The third kappa shape index (κ3) is 3.57. The van der Waals surface area contributed by atoms with Crippen molar-refractivity contribution in [2.75, 3.05) is 13.6 Å². The van der Waals surface area contributed by atoms with E-state index in [-0.39, 0.29) is 6.42 Å². The fourth-order valence-electron chi connectivity index (χ4n) is 3.16. The molecular formula is C18H18F2N4O4. The maximum atomic E-state index is 14.6. The maximum absolute atomic E-state index is 14.6. The normalized spacial score (nSPS) is 17.0. The smallest absolute Gasteiger partial charge is 0.336 e. The molecule has 148 valence electrons. The predicted molar refractivity (Wildman–Crippen MR) is 94.6 cm³/mol. The van der Waals surface area contributed by atoms with Gasteiger partial charge in [0.2, 0.25) is 5.91 Å². The molecule has 2 heterocycles. The Morgan fingerprint density at radius 3 is 2.57 bits per heavy atom. The molecule has 2 N–H and O–H groups in total. The molecule has 2 aromatic rings. The number of aromatic nitrogens is 2. The van der Waals surface area contributed by atoms with Gasteiger partial charge in [-0.25, -0.2) is 4.79 Å². The van der Waals surface area contributed by atoms with E-state index >= 15 is 0 Å². The zero-order chi connectivity index (χ0) is 20.5. The zero-order valence-corrected chi connectivity index (χ0v) is 14.9. The number of likely N-dealkylation sites (N-methyl/N-ethyl adjacent to an activating group) is 1. The van der Waals surface area contributed by atoms with Gasteiger partial charge in [0.25, 0.3) is 11.5 Å². The molecule has 2 amide bonds. The first-order valence-corrected chi connectivity index (χ1v) is 8.52. The summed E-state index contributed by atoms with van der Waals surface area (Å²) in [5.74, 6) is -6.32. The van der Waals surface area contributed by atoms with Crippen molar-refractivity contribution >= 4 is 11.8 Å². The quantitative estimate of drug-likeness (QED) is 0.769. The molecular weight excluding hydrogens is 374 g/mol. The summed E-state index contributed by atoms with van der Waals surface area (Å²) >= 11 is 0. The fraction of sp³-hybridized carbons (Fsp3) is 0.333. The van der Waals surface area contributed by atoms with Crippen molar-refractivity contribution < 1.29 is 18.4 Å². The molecule has 1 fully saturated rings. The molecule has 1 saturated heterocycles. The lowest BCUT2D eigenvalue weighted by Gasteiger charge is -2.27. The number of alkyl halides is 2. The molecule has 0 spiro atoms. The minimum absolute atomic E-state index is 0.200. The van der Waals surface area contributed by atoms with E-state index in [1.165, 1.54) is 4.90 Å². The minimum atomic E-state index is -4.19. The SMILES string of the molecule is CN(C(=O)C(F)(F)c1c[nH]c(=O)[nH]c1=O)C1CCN(Cc2ccccc2)C1=O. The number of H-pyrrole nitrogens is 2. The Balaban J connectivity index is 1.76. The number of amides is 2. The second-order valence-electron chi connectivity index (χ2n) is 6.53. The van der Waals surface area contributed by atoms with Gasteiger partial charge in [-0.3, -0.25) is 19.4 Å². The number of hydrogen-bond donors (Lipinski definition) is 2. The second kappa shape index (κ2) is 7.37. The molecule has 0 bridgehead atoms. The van der Waals surface area contributed by atoms with Crippen LogP contribution in [-0.2, 0) is 22.1 Å². The Bertz CT molecular complexity index is 1000. The summed E-state index contributed by atoms with van der Waals surface area (Å²) in [6.07, 6.45) is 0.705. The highest BCUT2D eigenvalue weighted by molar-refractivity contribution is 5.92. The summed E-state index contributed by atoms with van der Waals surface area (Å²) in [6, 6.07) is 8.11. The van der Waals surface area contributed by atoms with Crippen LogP contribution in [0.15, 0.2) is 46.1 Å². The Labute approximate surface area is 157 Å². The van der Waals surface area contributed by atoms with Crippen LogP contribution in [-0.4, -0.2) is 51.2 Å². The number of aromatic amines is 2. The van der Waals surface area contributed by atoms with Crippen molar-refractivity contribution in [1.82, 2.24) is 19.8 Å². The number of nitrogens with zero attached hydrogens (tertiary/aromatic N) is 2. The van der Waals surface area contributed by atoms with Crippen LogP contribution in [0.2, 0.25) is 0 Å². The molecule has 1 aromatic carbocycles. The molecule has 10 heteroatoms. The van der Waals surface area contributed by atoms with E-state index in [2.05, 4.69) is 0 Å². The number of carbonyl (C=O) groups excluding carboxylic acids is 2. The lowest BCUT2D eigenvalue weighted by atomic mass is 10.1. The fourth-order valence-corrected chi connectivity index (χ4v) is 3.16. The molecule has 28 heavy (non-hydrogen) atoms. The van der Waals surface area contributed by atoms with Gasteiger partial charge in [-0.15, -0.1) is 0 Å². The van der Waals surface area contributed by atoms with Gasteiger partial charge in [-0.2, -0.15) is 8.78 Å². The Hall–Kier alpha value is -3.30. The van der Waals surface area contributed by atoms with Crippen molar-refractivity contribution in [2.24, 2.45) is 0 Å². The molecule has 1 aromatic heterocycles. The maximum Gasteiger partial charge on any atom is 0.356 e. The van der Waals surface area contributed by atoms with E-state index in [9.17, 15) is 28.0 Å². The summed E-state index contributed by atoms with van der Waals surface area (Å²) in [4.78, 5) is 53.4. The number of nitrogens with one attached hydrogen (secondary N) is 2. The topological polar surface area (TPSA) is 106 Å². The highest BCUT2D eigenvalue weighted by atomic mass is 19.3. The number of likely N-dealkylation sites (tertiary alicyclic amines) is 1. The Morgan fingerprint density at radius 1 is 1.25 bits per heavy atom. The number of carbonyl (C=O) groups is 2. The third-order valence-electron chi connectivity index (χ3n) is 4.70. The lowest BCUT2D eigenvalue weighted by Crippen LogP contribution is -2.49. The molecule has 1 aliphatic heterocycles. The average Bonchev–Trinajstić information content (AvgIpc) is 3.01. The van der Waals surface area contributed by atoms with Gasteiger partial charge in [0.1, 0.15) is 11.6 Å². The van der Waals surface area contributed by atoms with Crippen molar-refractivity contribution in [1.29, 1.82) is 0 Å². The first kappa shape index (κ1) is 19.5. The standard InChI is InChI=1S/C18H18F2N4O4/c1-23(16(27)18(19,20)12-9-21-17(28)22-14(12)25)13-7-8-24(15(13)26)10-11-5-3-2-4-6-11/h2-6,9,13H,7-8,10H2,1H3,(H2,21,22,25,28). The van der Waals surface area contributed by atoms with Crippen molar-refractivity contribution in [2.45, 2.75) is 24.9 Å². The van der Waals surface area contributed by atoms with Crippen LogP contribution in [0.5, 0.6) is 0 Å². The van der Waals surface area contributed by atoms with Gasteiger partial charge in [0.05, 0.1) is 0 Å². The summed E-state index contributed by atoms with van der Waals surface area (Å²) in [7, 11) is 1.10. The van der Waals surface area contributed by atoms with Crippen LogP contribution in [0.4, 0.5) is 8.78 Å². The molecule has 0 radical (unpaired) electrons. The van der Waals surface area contributed by atoms with Gasteiger partial charge in [0, 0.05) is 26.3 Å². The molecule has 1 unspecified atom stereocenters. The van der Waals surface area contributed by atoms with Gasteiger partial charge in [0.15, 0.2) is 0 Å². The van der Waals surface area contributed by atoms with E-state index in [0.29, 0.717) is 24.2 Å². The van der Waals surface area contributed by atoms with E-state index < -0.39 is 40.6 Å². The van der Waals surface area contributed by atoms with E-state index in [1.807, 2.05) is 35.3 Å². The van der Waals surface area contributed by atoms with Crippen LogP contribution in [0.1, 0.15) is 17.5 Å². The summed E-state index contributed by atoms with van der Waals surface area (Å²) in [6.45, 7) is 0.634. The summed E-state index contributed by atoms with van der Waals surface area (Å²) in [5, 5.41) is 0. The third-order valence-corrected chi connectivity index (χ3v) is 4.70. The van der Waals surface area contributed by atoms with Crippen LogP contribution in [0.25, 0.3) is 0 Å². The molecule has 0 saturated carbocycles. The molecule has 8 nitrogen and oxygen atoms in total. The highest BCUT2D eigenvalue weighted by Gasteiger charge is 2.49. The van der Waals surface area contributed by atoms with Gasteiger partial charge in [-0.05, 0) is 12.0 Å². The highest BCUT2D eigenvalue weighted by Crippen LogP contribution is 2.29. The molecule has 1 aliphatic rings. The summed E-state index contributed by atoms with van der Waals surface area (Å²) < 4.78 is 29.1. The Kier molecular flexibility index (Phi) is 5.12. The lowest BCUT2D eigenvalue weighted by molar-refractivity contribution is -0.162. The number of benzene rings is 1. The van der Waals surface area contributed by atoms with Crippen LogP contribution in [0.3, 0.4) is 0 Å². The van der Waals surface area contributed by atoms with Gasteiger partial charge in [-0.1, -0.05) is 30.3 Å². The predicted octanol–water partition coefficient (Wildman–Crippen LogP) is 0.414. The van der Waals surface area contributed by atoms with Gasteiger partial charge >= 0.3 is 11.6 Å². The number of halogens is 2. The van der Waals surface area contributed by atoms with Gasteiger partial charge < -0.3 is 14.8 Å². The van der Waals surface area contributed by atoms with Crippen LogP contribution < -0.4 is 11.2 Å². The van der Waals surface area contributed by atoms with E-state index in [0.717, 1.165) is 12.6 Å². The largest absolute Gasteiger partial charge is 0.356 e. The zero-order valence-electron chi connectivity index (χ0n) is 14.9. The molecule has 1 atom stereocenters. The molecule has 3 rings (SSSR count). The Morgan fingerprint density at radius 2 is 1.93 bits per heavy atom. The monoisotopic (exact) mass is 392 g/mol. The number of hydrogen-bond acceptors (Lipinski definition) is 4. The van der Waals surface area contributed by atoms with Crippen LogP contribution in [0, 0.1) is 0 Å². The minimum Gasteiger partial charge on any atom is -0.336 e. The van der Waals surface area contributed by atoms with Crippen molar-refractivity contribution in [3.05, 3.63) is 68.5 Å². The van der Waals surface area contributed by atoms with Crippen LogP contribution >= 0.6 is 0 Å². The van der Waals surface area contributed by atoms with E-state index in [4.69, 9.17) is 0 Å². The average molecular weight is 392 g/mol. The molecule has 0 aliphatic carbocycles. The van der Waals surface area contributed by atoms with Crippen molar-refractivity contribution in [3.63, 3.8) is 0 Å².